The highest BCUT2D eigenvalue weighted by atomic mass is 32.2. The third-order valence-electron chi connectivity index (χ3n) is 4.12. The van der Waals surface area contributed by atoms with E-state index in [1.54, 1.807) is 6.20 Å². The van der Waals surface area contributed by atoms with E-state index in [9.17, 15) is 4.79 Å². The number of amides is 1. The zero-order valence-electron chi connectivity index (χ0n) is 13.6. The van der Waals surface area contributed by atoms with Crippen molar-refractivity contribution in [1.82, 2.24) is 4.98 Å². The van der Waals surface area contributed by atoms with Crippen LogP contribution < -0.4 is 5.32 Å². The molecule has 0 aliphatic carbocycles. The number of aromatic nitrogens is 1. The molecule has 126 valence electrons. The number of hydrogen-bond acceptors (Lipinski definition) is 4. The van der Waals surface area contributed by atoms with E-state index in [2.05, 4.69) is 22.4 Å². The van der Waals surface area contributed by atoms with Gasteiger partial charge in [-0.05, 0) is 47.8 Å². The highest BCUT2D eigenvalue weighted by Crippen LogP contribution is 2.44. The van der Waals surface area contributed by atoms with E-state index in [4.69, 9.17) is 0 Å². The van der Waals surface area contributed by atoms with Gasteiger partial charge in [0.25, 0.3) is 5.91 Å². The third kappa shape index (κ3) is 3.67. The van der Waals surface area contributed by atoms with E-state index in [-0.39, 0.29) is 5.91 Å². The van der Waals surface area contributed by atoms with E-state index in [1.807, 2.05) is 66.0 Å². The molecule has 1 aliphatic rings. The molecule has 0 unspecified atom stereocenters. The third-order valence-corrected chi connectivity index (χ3v) is 7.14. The molecule has 1 N–H and O–H groups in total. The Labute approximate surface area is 155 Å². The van der Waals surface area contributed by atoms with Gasteiger partial charge in [0, 0.05) is 17.3 Å². The number of carbonyl (C=O) groups excluding carboxylic acids is 1. The summed E-state index contributed by atoms with van der Waals surface area (Å²) >= 11 is 3.96. The van der Waals surface area contributed by atoms with Crippen LogP contribution >= 0.6 is 23.5 Å². The first-order chi connectivity index (χ1) is 12.3. The summed E-state index contributed by atoms with van der Waals surface area (Å²) in [6, 6.07) is 17.7. The maximum absolute atomic E-state index is 12.8. The molecule has 0 bridgehead atoms. The first-order valence-corrected chi connectivity index (χ1v) is 10.4. The van der Waals surface area contributed by atoms with Gasteiger partial charge in [-0.3, -0.25) is 9.78 Å². The van der Waals surface area contributed by atoms with E-state index in [1.165, 1.54) is 23.5 Å². The molecule has 25 heavy (non-hydrogen) atoms. The van der Waals surface area contributed by atoms with Crippen molar-refractivity contribution < 1.29 is 4.79 Å². The van der Waals surface area contributed by atoms with E-state index in [0.717, 1.165) is 16.6 Å². The number of anilines is 1. The molecule has 0 radical (unpaired) electrons. The fraction of sp³-hybridized carbons (Fsp3) is 0.200. The smallest absolute Gasteiger partial charge is 0.257 e. The maximum atomic E-state index is 12.8. The Bertz CT molecular complexity index is 902. The fourth-order valence-corrected chi connectivity index (χ4v) is 5.80. The summed E-state index contributed by atoms with van der Waals surface area (Å²) in [5, 5.41) is 4.00. The second-order valence-corrected chi connectivity index (χ2v) is 8.61. The van der Waals surface area contributed by atoms with Gasteiger partial charge in [0.05, 0.1) is 15.7 Å². The number of pyridine rings is 1. The van der Waals surface area contributed by atoms with Crippen LogP contribution in [0.4, 0.5) is 5.69 Å². The van der Waals surface area contributed by atoms with Crippen LogP contribution in [-0.4, -0.2) is 22.4 Å². The standard InChI is InChI=1S/C20H18N2OS2/c23-19(17-9-2-5-14-7-3-10-21-18(14)17)22-16-8-1-6-15(13-16)20-24-11-4-12-25-20/h1-3,5-10,13,20H,4,11-12H2,(H,22,23). The summed E-state index contributed by atoms with van der Waals surface area (Å²) in [6.45, 7) is 0. The molecule has 2 aromatic carbocycles. The van der Waals surface area contributed by atoms with Crippen molar-refractivity contribution >= 4 is 46.0 Å². The molecular formula is C20H18N2OS2. The zero-order chi connectivity index (χ0) is 17.1. The van der Waals surface area contributed by atoms with Crippen molar-refractivity contribution in [3.05, 3.63) is 71.9 Å². The topological polar surface area (TPSA) is 42.0 Å². The average Bonchev–Trinajstić information content (AvgIpc) is 2.68. The summed E-state index contributed by atoms with van der Waals surface area (Å²) < 4.78 is 0.463. The number of para-hydroxylation sites is 1. The Kier molecular flexibility index (Phi) is 4.95. The minimum absolute atomic E-state index is 0.120. The van der Waals surface area contributed by atoms with Crippen LogP contribution in [0.25, 0.3) is 10.9 Å². The number of thioether (sulfide) groups is 2. The molecular weight excluding hydrogens is 348 g/mol. The molecule has 1 aromatic heterocycles. The molecule has 3 nitrogen and oxygen atoms in total. The van der Waals surface area contributed by atoms with Crippen LogP contribution in [0, 0.1) is 0 Å². The minimum Gasteiger partial charge on any atom is -0.322 e. The van der Waals surface area contributed by atoms with Crippen LogP contribution in [-0.2, 0) is 0 Å². The van der Waals surface area contributed by atoms with Gasteiger partial charge in [0.1, 0.15) is 0 Å². The SMILES string of the molecule is O=C(Nc1cccc(C2SCCCS2)c1)c1cccc2cccnc12. The Morgan fingerprint density at radius 1 is 1.04 bits per heavy atom. The van der Waals surface area contributed by atoms with Crippen molar-refractivity contribution in [3.8, 4) is 0 Å². The van der Waals surface area contributed by atoms with Crippen LogP contribution in [0.15, 0.2) is 60.8 Å². The molecule has 3 aromatic rings. The van der Waals surface area contributed by atoms with Gasteiger partial charge in [-0.15, -0.1) is 23.5 Å². The molecule has 0 saturated carbocycles. The predicted molar refractivity (Wildman–Crippen MR) is 108 cm³/mol. The number of rotatable bonds is 3. The highest BCUT2D eigenvalue weighted by Gasteiger charge is 2.17. The van der Waals surface area contributed by atoms with Gasteiger partial charge >= 0.3 is 0 Å². The Morgan fingerprint density at radius 3 is 2.72 bits per heavy atom. The summed E-state index contributed by atoms with van der Waals surface area (Å²) in [5.41, 5.74) is 3.44. The monoisotopic (exact) mass is 366 g/mol. The van der Waals surface area contributed by atoms with Crippen molar-refractivity contribution in [2.75, 3.05) is 16.8 Å². The minimum atomic E-state index is -0.120. The van der Waals surface area contributed by atoms with Crippen molar-refractivity contribution in [2.24, 2.45) is 0 Å². The van der Waals surface area contributed by atoms with Gasteiger partial charge in [0.15, 0.2) is 0 Å². The Hall–Kier alpha value is -1.98. The number of hydrogen-bond donors (Lipinski definition) is 1. The summed E-state index contributed by atoms with van der Waals surface area (Å²) in [4.78, 5) is 17.1. The van der Waals surface area contributed by atoms with E-state index < -0.39 is 0 Å². The van der Waals surface area contributed by atoms with E-state index >= 15 is 0 Å². The number of fused-ring (bicyclic) bond motifs is 1. The van der Waals surface area contributed by atoms with Gasteiger partial charge < -0.3 is 5.32 Å². The molecule has 1 amide bonds. The summed E-state index contributed by atoms with van der Waals surface area (Å²) in [7, 11) is 0. The predicted octanol–water partition coefficient (Wildman–Crippen LogP) is 5.36. The fourth-order valence-electron chi connectivity index (χ4n) is 2.93. The summed E-state index contributed by atoms with van der Waals surface area (Å²) in [5.74, 6) is 2.29. The van der Waals surface area contributed by atoms with E-state index in [0.29, 0.717) is 10.1 Å². The van der Waals surface area contributed by atoms with Crippen LogP contribution in [0.2, 0.25) is 0 Å². The molecule has 0 atom stereocenters. The lowest BCUT2D eigenvalue weighted by Crippen LogP contribution is -2.13. The van der Waals surface area contributed by atoms with Crippen molar-refractivity contribution in [2.45, 2.75) is 11.0 Å². The average molecular weight is 367 g/mol. The molecule has 1 saturated heterocycles. The number of benzene rings is 2. The second kappa shape index (κ2) is 7.50. The lowest BCUT2D eigenvalue weighted by Gasteiger charge is -2.21. The summed E-state index contributed by atoms with van der Waals surface area (Å²) in [6.07, 6.45) is 2.99. The lowest BCUT2D eigenvalue weighted by molar-refractivity contribution is 0.102. The van der Waals surface area contributed by atoms with Crippen LogP contribution in [0.3, 0.4) is 0 Å². The molecule has 1 aliphatic heterocycles. The Balaban J connectivity index is 1.58. The zero-order valence-corrected chi connectivity index (χ0v) is 15.3. The number of nitrogens with zero attached hydrogens (tertiary/aromatic N) is 1. The van der Waals surface area contributed by atoms with Gasteiger partial charge in [0.2, 0.25) is 0 Å². The Morgan fingerprint density at radius 2 is 1.84 bits per heavy atom. The molecule has 5 heteroatoms. The maximum Gasteiger partial charge on any atom is 0.257 e. The van der Waals surface area contributed by atoms with Crippen LogP contribution in [0.1, 0.15) is 26.9 Å². The molecule has 4 rings (SSSR count). The molecule has 0 spiro atoms. The van der Waals surface area contributed by atoms with Gasteiger partial charge in [-0.2, -0.15) is 0 Å². The largest absolute Gasteiger partial charge is 0.322 e. The quantitative estimate of drug-likeness (QED) is 0.678. The lowest BCUT2D eigenvalue weighted by atomic mass is 10.1. The molecule has 1 fully saturated rings. The highest BCUT2D eigenvalue weighted by molar-refractivity contribution is 8.16. The second-order valence-electron chi connectivity index (χ2n) is 5.89. The van der Waals surface area contributed by atoms with Crippen LogP contribution in [0.5, 0.6) is 0 Å². The van der Waals surface area contributed by atoms with Gasteiger partial charge in [-0.1, -0.05) is 30.3 Å². The normalized spacial score (nSPS) is 15.2. The number of nitrogens with one attached hydrogen (secondary N) is 1. The van der Waals surface area contributed by atoms with Gasteiger partial charge in [-0.25, -0.2) is 0 Å². The number of carbonyl (C=O) groups is 1. The first-order valence-electron chi connectivity index (χ1n) is 8.29. The van der Waals surface area contributed by atoms with Crippen molar-refractivity contribution in [3.63, 3.8) is 0 Å². The first kappa shape index (κ1) is 16.5. The molecule has 2 heterocycles. The van der Waals surface area contributed by atoms with Crippen molar-refractivity contribution in [1.29, 1.82) is 0 Å².